The zero-order valence-corrected chi connectivity index (χ0v) is 20.0. The zero-order chi connectivity index (χ0) is 20.0. The first-order valence-corrected chi connectivity index (χ1v) is 13.2. The van der Waals surface area contributed by atoms with Gasteiger partial charge in [0, 0.05) is 24.8 Å². The van der Waals surface area contributed by atoms with E-state index in [-0.39, 0.29) is 7.92 Å². The molecule has 1 aliphatic carbocycles. The highest BCUT2D eigenvalue weighted by Crippen LogP contribution is 2.58. The van der Waals surface area contributed by atoms with Crippen molar-refractivity contribution in [2.45, 2.75) is 76.5 Å². The van der Waals surface area contributed by atoms with E-state index < -0.39 is 0 Å². The molecule has 0 aromatic carbocycles. The molecule has 3 atom stereocenters. The molecule has 5 heteroatoms. The van der Waals surface area contributed by atoms with Crippen LogP contribution < -0.4 is 0 Å². The summed E-state index contributed by atoms with van der Waals surface area (Å²) in [4.78, 5) is 0. The number of nitrogens with zero attached hydrogens (tertiary/aromatic N) is 2. The molecule has 0 spiro atoms. The molecule has 1 aliphatic heterocycles. The lowest BCUT2D eigenvalue weighted by atomic mass is 10.0. The maximum atomic E-state index is 5.46. The van der Waals surface area contributed by atoms with E-state index in [1.807, 2.05) is 11.8 Å². The largest absolute Gasteiger partial charge is 0.382 e. The van der Waals surface area contributed by atoms with Gasteiger partial charge < -0.3 is 4.74 Å². The van der Waals surface area contributed by atoms with Crippen LogP contribution in [0.2, 0.25) is 0 Å². The van der Waals surface area contributed by atoms with E-state index in [9.17, 15) is 0 Å². The van der Waals surface area contributed by atoms with Gasteiger partial charge in [0.15, 0.2) is 0 Å². The number of hydrogen-bond acceptors (Lipinski definition) is 4. The van der Waals surface area contributed by atoms with Gasteiger partial charge in [0.05, 0.1) is 18.4 Å². The normalized spacial score (nSPS) is 24.6. The topological polar surface area (TPSA) is 24.8 Å². The van der Waals surface area contributed by atoms with Gasteiger partial charge in [-0.05, 0) is 42.2 Å². The minimum atomic E-state index is -0.157. The SMILES string of the molecule is CC[C@@H](SC)/C(=N/N1CCC[C@H]1COC)C1C=CC=C1P(C(C)C)C(C)C. The zero-order valence-electron chi connectivity index (χ0n) is 18.3. The van der Waals surface area contributed by atoms with Crippen molar-refractivity contribution in [3.8, 4) is 0 Å². The predicted octanol–water partition coefficient (Wildman–Crippen LogP) is 5.96. The van der Waals surface area contributed by atoms with Gasteiger partial charge in [-0.2, -0.15) is 16.9 Å². The van der Waals surface area contributed by atoms with Crippen molar-refractivity contribution in [1.29, 1.82) is 0 Å². The summed E-state index contributed by atoms with van der Waals surface area (Å²) >= 11 is 1.95. The monoisotopic (exact) mass is 410 g/mol. The number of ether oxygens (including phenoxy) is 1. The molecule has 0 aromatic rings. The molecule has 2 aliphatic rings. The first kappa shape index (κ1) is 23.0. The van der Waals surface area contributed by atoms with Crippen LogP contribution in [0.15, 0.2) is 28.6 Å². The van der Waals surface area contributed by atoms with Crippen molar-refractivity contribution in [2.75, 3.05) is 26.5 Å². The van der Waals surface area contributed by atoms with Gasteiger partial charge in [0.1, 0.15) is 0 Å². The summed E-state index contributed by atoms with van der Waals surface area (Å²) in [6.45, 7) is 13.7. The molecule has 154 valence electrons. The molecular weight excluding hydrogens is 371 g/mol. The molecular formula is C22H39N2OPS. The van der Waals surface area contributed by atoms with E-state index >= 15 is 0 Å². The molecule has 3 nitrogen and oxygen atoms in total. The van der Waals surface area contributed by atoms with Crippen LogP contribution in [0.1, 0.15) is 53.9 Å². The minimum absolute atomic E-state index is 0.157. The molecule has 27 heavy (non-hydrogen) atoms. The Morgan fingerprint density at radius 2 is 2.04 bits per heavy atom. The fourth-order valence-corrected chi connectivity index (χ4v) is 8.39. The Morgan fingerprint density at radius 3 is 2.59 bits per heavy atom. The molecule has 1 heterocycles. The van der Waals surface area contributed by atoms with E-state index in [0.717, 1.165) is 19.6 Å². The van der Waals surface area contributed by atoms with E-state index in [1.54, 1.807) is 12.4 Å². The number of hydrazone groups is 1. The molecule has 0 N–H and O–H groups in total. The summed E-state index contributed by atoms with van der Waals surface area (Å²) in [5, 5.41) is 9.75. The maximum Gasteiger partial charge on any atom is 0.0704 e. The number of methoxy groups -OCH3 is 1. The molecule has 1 unspecified atom stereocenters. The van der Waals surface area contributed by atoms with Crippen LogP contribution in [0.5, 0.6) is 0 Å². The average molecular weight is 411 g/mol. The highest BCUT2D eigenvalue weighted by atomic mass is 32.2. The molecule has 0 radical (unpaired) electrons. The maximum absolute atomic E-state index is 5.46. The number of thioether (sulfide) groups is 1. The highest BCUT2D eigenvalue weighted by Gasteiger charge is 2.34. The summed E-state index contributed by atoms with van der Waals surface area (Å²) in [6, 6.07) is 0.430. The molecule has 0 bridgehead atoms. The number of hydrogen-bond donors (Lipinski definition) is 0. The van der Waals surface area contributed by atoms with E-state index in [0.29, 0.717) is 28.5 Å². The van der Waals surface area contributed by atoms with Crippen LogP contribution in [0.4, 0.5) is 0 Å². The van der Waals surface area contributed by atoms with Crippen molar-refractivity contribution >= 4 is 25.4 Å². The lowest BCUT2D eigenvalue weighted by Gasteiger charge is -2.34. The molecule has 1 saturated heterocycles. The minimum Gasteiger partial charge on any atom is -0.382 e. The third kappa shape index (κ3) is 5.61. The Labute approximate surface area is 172 Å². The lowest BCUT2D eigenvalue weighted by Crippen LogP contribution is -2.34. The Balaban J connectivity index is 2.37. The van der Waals surface area contributed by atoms with Crippen molar-refractivity contribution < 1.29 is 4.74 Å². The quantitative estimate of drug-likeness (QED) is 0.328. The van der Waals surface area contributed by atoms with Crippen LogP contribution >= 0.6 is 19.7 Å². The first-order valence-electron chi connectivity index (χ1n) is 10.5. The highest BCUT2D eigenvalue weighted by molar-refractivity contribution is 7.99. The van der Waals surface area contributed by atoms with Crippen molar-refractivity contribution in [2.24, 2.45) is 11.0 Å². The summed E-state index contributed by atoms with van der Waals surface area (Å²) in [7, 11) is 1.65. The lowest BCUT2D eigenvalue weighted by molar-refractivity contribution is 0.117. The Morgan fingerprint density at radius 1 is 1.33 bits per heavy atom. The number of allylic oxidation sites excluding steroid dienone is 4. The molecule has 2 rings (SSSR count). The standard InChI is InChI=1S/C22H39N2OPS/c1-8-21(27-7)22(23-24-14-10-11-18(24)15-25-6)19-12-9-13-20(19)26(16(2)3)17(4)5/h9,12-13,16-19,21H,8,10-11,14-15H2,1-7H3/b23-22+/t18-,19?,21+/m0/s1. The van der Waals surface area contributed by atoms with Crippen molar-refractivity contribution in [3.63, 3.8) is 0 Å². The van der Waals surface area contributed by atoms with Gasteiger partial charge in [0.2, 0.25) is 0 Å². The second kappa shape index (κ2) is 11.0. The van der Waals surface area contributed by atoms with Gasteiger partial charge in [-0.3, -0.25) is 5.01 Å². The summed E-state index contributed by atoms with van der Waals surface area (Å²) < 4.78 is 5.46. The smallest absolute Gasteiger partial charge is 0.0704 e. The number of rotatable bonds is 10. The summed E-state index contributed by atoms with van der Waals surface area (Å²) in [5.74, 6) is 0.377. The Hall–Kier alpha value is -0.310. The van der Waals surface area contributed by atoms with E-state index in [2.05, 4.69) is 64.1 Å². The Kier molecular flexibility index (Phi) is 9.38. The van der Waals surface area contributed by atoms with Gasteiger partial charge in [-0.1, -0.05) is 60.8 Å². The van der Waals surface area contributed by atoms with Gasteiger partial charge in [-0.25, -0.2) is 0 Å². The molecule has 0 amide bonds. The van der Waals surface area contributed by atoms with Crippen molar-refractivity contribution in [1.82, 2.24) is 5.01 Å². The van der Waals surface area contributed by atoms with Gasteiger partial charge in [0.25, 0.3) is 0 Å². The van der Waals surface area contributed by atoms with Crippen LogP contribution in [0.3, 0.4) is 0 Å². The summed E-state index contributed by atoms with van der Waals surface area (Å²) in [5.41, 5.74) is 2.77. The van der Waals surface area contributed by atoms with Crippen molar-refractivity contribution in [3.05, 3.63) is 23.5 Å². The predicted molar refractivity (Wildman–Crippen MR) is 125 cm³/mol. The Bertz CT molecular complexity index is 547. The van der Waals surface area contributed by atoms with E-state index in [1.165, 1.54) is 18.6 Å². The molecule has 1 fully saturated rings. The fraction of sp³-hybridized carbons (Fsp3) is 0.773. The first-order chi connectivity index (χ1) is 12.9. The second-order valence-corrected chi connectivity index (χ2v) is 12.6. The van der Waals surface area contributed by atoms with Crippen LogP contribution in [0.25, 0.3) is 0 Å². The van der Waals surface area contributed by atoms with Gasteiger partial charge >= 0.3 is 0 Å². The fourth-order valence-electron chi connectivity index (χ4n) is 4.44. The average Bonchev–Trinajstić information content (AvgIpc) is 3.24. The third-order valence-corrected chi connectivity index (χ3v) is 9.95. The van der Waals surface area contributed by atoms with E-state index in [4.69, 9.17) is 9.84 Å². The van der Waals surface area contributed by atoms with Gasteiger partial charge in [-0.15, -0.1) is 0 Å². The summed E-state index contributed by atoms with van der Waals surface area (Å²) in [6.07, 6.45) is 12.8. The molecule has 0 saturated carbocycles. The van der Waals surface area contributed by atoms with Crippen LogP contribution in [-0.4, -0.2) is 59.8 Å². The molecule has 0 aromatic heterocycles. The second-order valence-electron chi connectivity index (χ2n) is 8.12. The van der Waals surface area contributed by atoms with Crippen LogP contribution in [-0.2, 0) is 4.74 Å². The van der Waals surface area contributed by atoms with Crippen LogP contribution in [0, 0.1) is 5.92 Å². The third-order valence-electron chi connectivity index (χ3n) is 5.55.